The van der Waals surface area contributed by atoms with E-state index in [0.717, 1.165) is 42.6 Å². The zero-order valence-corrected chi connectivity index (χ0v) is 22.3. The Hall–Kier alpha value is -3.56. The van der Waals surface area contributed by atoms with Crippen LogP contribution in [-0.2, 0) is 4.74 Å². The van der Waals surface area contributed by atoms with Gasteiger partial charge in [0.1, 0.15) is 28.2 Å². The lowest BCUT2D eigenvalue weighted by atomic mass is 9.95. The highest BCUT2D eigenvalue weighted by molar-refractivity contribution is 5.82. The Morgan fingerprint density at radius 3 is 2.57 bits per heavy atom. The molecule has 0 unspecified atom stereocenters. The maximum Gasteiger partial charge on any atom is 0.407 e. The third-order valence-corrected chi connectivity index (χ3v) is 7.05. The first kappa shape index (κ1) is 25.1. The number of methoxy groups -OCH3 is 1. The van der Waals surface area contributed by atoms with Crippen molar-refractivity contribution in [1.29, 1.82) is 0 Å². The number of benzene rings is 1. The summed E-state index contributed by atoms with van der Waals surface area (Å²) < 4.78 is 12.7. The molecule has 2 N–H and O–H groups in total. The van der Waals surface area contributed by atoms with E-state index in [1.54, 1.807) is 11.8 Å². The van der Waals surface area contributed by atoms with E-state index in [2.05, 4.69) is 20.3 Å². The highest BCUT2D eigenvalue weighted by Crippen LogP contribution is 2.35. The van der Waals surface area contributed by atoms with Crippen LogP contribution in [0.4, 0.5) is 10.5 Å². The molecule has 0 radical (unpaired) electrons. The lowest BCUT2D eigenvalue weighted by Gasteiger charge is -2.41. The first-order valence-electron chi connectivity index (χ1n) is 13.0. The number of imidazole rings is 1. The molecule has 0 bridgehead atoms. The van der Waals surface area contributed by atoms with Crippen LogP contribution in [0.25, 0.3) is 22.4 Å². The van der Waals surface area contributed by atoms with E-state index in [4.69, 9.17) is 14.5 Å². The number of amides is 1. The van der Waals surface area contributed by atoms with Crippen molar-refractivity contribution < 1.29 is 14.3 Å². The average Bonchev–Trinajstić information content (AvgIpc) is 3.29. The number of anilines is 1. The number of aromatic amines is 1. The quantitative estimate of drug-likeness (QED) is 0.527. The zero-order chi connectivity index (χ0) is 26.3. The molecule has 1 aliphatic carbocycles. The third kappa shape index (κ3) is 5.14. The summed E-state index contributed by atoms with van der Waals surface area (Å²) in [6.07, 6.45) is 5.04. The van der Waals surface area contributed by atoms with Gasteiger partial charge >= 0.3 is 6.09 Å². The number of hydrogen-bond donors (Lipinski definition) is 2. The molecule has 37 heavy (non-hydrogen) atoms. The number of hydrogen-bond acceptors (Lipinski definition) is 7. The summed E-state index contributed by atoms with van der Waals surface area (Å²) in [5.74, 6) is 1.23. The first-order chi connectivity index (χ1) is 17.6. The molecule has 1 aromatic carbocycles. The van der Waals surface area contributed by atoms with Crippen LogP contribution >= 0.6 is 0 Å². The number of fused-ring (bicyclic) bond motifs is 1. The minimum absolute atomic E-state index is 0.0257. The molecule has 2 fully saturated rings. The summed E-state index contributed by atoms with van der Waals surface area (Å²) in [7, 11) is 1.62. The van der Waals surface area contributed by atoms with Gasteiger partial charge in [-0.2, -0.15) is 5.10 Å². The number of carbonyl (C=O) groups excluding carboxylic acids is 1. The van der Waals surface area contributed by atoms with Gasteiger partial charge in [0.25, 0.3) is 5.56 Å². The number of ether oxygens (including phenoxy) is 2. The SMILES string of the molecule is COc1cc(N2CC(NC(=O)OC(C)(C)C)C2)ccc1-c1nc2c(C)nn(C3CCCCC3)c(=O)c2[nH]1. The molecule has 1 amide bonds. The van der Waals surface area contributed by atoms with E-state index in [1.807, 2.05) is 45.9 Å². The van der Waals surface area contributed by atoms with Crippen molar-refractivity contribution >= 4 is 22.8 Å². The Bertz CT molecular complexity index is 1360. The lowest BCUT2D eigenvalue weighted by molar-refractivity contribution is 0.0496. The van der Waals surface area contributed by atoms with Gasteiger partial charge < -0.3 is 24.7 Å². The number of carbonyl (C=O) groups is 1. The van der Waals surface area contributed by atoms with Crippen LogP contribution in [0.2, 0.25) is 0 Å². The Morgan fingerprint density at radius 2 is 1.89 bits per heavy atom. The Kier molecular flexibility index (Phi) is 6.59. The van der Waals surface area contributed by atoms with Crippen LogP contribution in [0.3, 0.4) is 0 Å². The minimum atomic E-state index is -0.523. The van der Waals surface area contributed by atoms with E-state index in [0.29, 0.717) is 35.7 Å². The van der Waals surface area contributed by atoms with E-state index in [1.165, 1.54) is 6.42 Å². The fraction of sp³-hybridized carbons (Fsp3) is 0.556. The number of aryl methyl sites for hydroxylation is 1. The fourth-order valence-electron chi connectivity index (χ4n) is 5.19. The highest BCUT2D eigenvalue weighted by Gasteiger charge is 2.30. The van der Waals surface area contributed by atoms with Crippen molar-refractivity contribution in [2.75, 3.05) is 25.1 Å². The van der Waals surface area contributed by atoms with E-state index < -0.39 is 11.7 Å². The second-order valence-electron chi connectivity index (χ2n) is 11.1. The Labute approximate surface area is 216 Å². The molecule has 1 saturated heterocycles. The van der Waals surface area contributed by atoms with Gasteiger partial charge in [0, 0.05) is 24.8 Å². The molecule has 3 aromatic rings. The number of aromatic nitrogens is 4. The molecule has 2 aromatic heterocycles. The number of nitrogens with one attached hydrogen (secondary N) is 2. The van der Waals surface area contributed by atoms with Gasteiger partial charge in [-0.25, -0.2) is 14.5 Å². The molecule has 198 valence electrons. The lowest BCUT2D eigenvalue weighted by Crippen LogP contribution is -2.60. The molecule has 2 aliphatic rings. The Morgan fingerprint density at radius 1 is 1.16 bits per heavy atom. The fourth-order valence-corrected chi connectivity index (χ4v) is 5.19. The van der Waals surface area contributed by atoms with Crippen LogP contribution in [0.5, 0.6) is 5.75 Å². The summed E-state index contributed by atoms with van der Waals surface area (Å²) in [4.78, 5) is 35.5. The summed E-state index contributed by atoms with van der Waals surface area (Å²) in [5, 5.41) is 7.53. The molecule has 3 heterocycles. The van der Waals surface area contributed by atoms with Gasteiger partial charge in [-0.15, -0.1) is 0 Å². The molecule has 0 atom stereocenters. The molecule has 10 nitrogen and oxygen atoms in total. The van der Waals surface area contributed by atoms with Gasteiger partial charge in [-0.3, -0.25) is 4.79 Å². The van der Waals surface area contributed by atoms with Crippen LogP contribution in [0.15, 0.2) is 23.0 Å². The van der Waals surface area contributed by atoms with Gasteiger partial charge in [-0.05, 0) is 52.7 Å². The van der Waals surface area contributed by atoms with Crippen molar-refractivity contribution in [3.63, 3.8) is 0 Å². The van der Waals surface area contributed by atoms with Gasteiger partial charge in [-0.1, -0.05) is 19.3 Å². The zero-order valence-electron chi connectivity index (χ0n) is 22.3. The minimum Gasteiger partial charge on any atom is -0.496 e. The van der Waals surface area contributed by atoms with Crippen molar-refractivity contribution in [3.8, 4) is 17.1 Å². The molecular weight excluding hydrogens is 472 g/mol. The molecule has 10 heteroatoms. The molecular formula is C27H36N6O4. The number of nitrogens with zero attached hydrogens (tertiary/aromatic N) is 4. The van der Waals surface area contributed by atoms with Crippen molar-refractivity contribution in [2.45, 2.75) is 77.5 Å². The number of rotatable bonds is 5. The molecule has 1 saturated carbocycles. The first-order valence-corrected chi connectivity index (χ1v) is 13.0. The Balaban J connectivity index is 1.35. The summed E-state index contributed by atoms with van der Waals surface area (Å²) in [6.45, 7) is 8.80. The van der Waals surface area contributed by atoms with E-state index in [-0.39, 0.29) is 17.6 Å². The second kappa shape index (κ2) is 9.72. The van der Waals surface area contributed by atoms with Gasteiger partial charge in [0.05, 0.1) is 30.5 Å². The average molecular weight is 509 g/mol. The standard InChI is InChI=1S/C27H36N6O4/c1-16-22-23(25(34)33(31-16)18-9-7-6-8-10-18)30-24(29-22)20-12-11-19(13-21(20)36-5)32-14-17(15-32)28-26(35)37-27(2,3)4/h11-13,17-18H,6-10,14-15H2,1-5H3,(H,28,35)(H,29,30). The van der Waals surface area contributed by atoms with E-state index >= 15 is 0 Å². The van der Waals surface area contributed by atoms with Gasteiger partial charge in [0.2, 0.25) is 0 Å². The number of alkyl carbamates (subject to hydrolysis) is 1. The van der Waals surface area contributed by atoms with Crippen LogP contribution in [-0.4, -0.2) is 57.7 Å². The molecule has 0 spiro atoms. The predicted octanol–water partition coefficient (Wildman–Crippen LogP) is 4.32. The summed E-state index contributed by atoms with van der Waals surface area (Å²) in [5.41, 5.74) is 2.93. The summed E-state index contributed by atoms with van der Waals surface area (Å²) in [6, 6.07) is 6.08. The van der Waals surface area contributed by atoms with Crippen molar-refractivity contribution in [2.24, 2.45) is 0 Å². The normalized spacial score (nSPS) is 17.1. The van der Waals surface area contributed by atoms with Crippen LogP contribution < -0.4 is 20.5 Å². The van der Waals surface area contributed by atoms with Crippen LogP contribution in [0.1, 0.15) is 64.6 Å². The third-order valence-electron chi connectivity index (χ3n) is 7.05. The molecule has 5 rings (SSSR count). The maximum absolute atomic E-state index is 13.3. The summed E-state index contributed by atoms with van der Waals surface area (Å²) >= 11 is 0. The second-order valence-corrected chi connectivity index (χ2v) is 11.1. The largest absolute Gasteiger partial charge is 0.496 e. The van der Waals surface area contributed by atoms with Gasteiger partial charge in [0.15, 0.2) is 0 Å². The maximum atomic E-state index is 13.3. The van der Waals surface area contributed by atoms with E-state index in [9.17, 15) is 9.59 Å². The topological polar surface area (TPSA) is 114 Å². The smallest absolute Gasteiger partial charge is 0.407 e. The van der Waals surface area contributed by atoms with Crippen molar-refractivity contribution in [3.05, 3.63) is 34.2 Å². The van der Waals surface area contributed by atoms with Crippen LogP contribution in [0, 0.1) is 6.92 Å². The number of H-pyrrole nitrogens is 1. The predicted molar refractivity (Wildman–Crippen MR) is 142 cm³/mol. The monoisotopic (exact) mass is 508 g/mol. The van der Waals surface area contributed by atoms with Crippen molar-refractivity contribution in [1.82, 2.24) is 25.1 Å². The highest BCUT2D eigenvalue weighted by atomic mass is 16.6. The molecule has 1 aliphatic heterocycles.